The molecule has 0 bridgehead atoms. The van der Waals surface area contributed by atoms with Gasteiger partial charge in [0.2, 0.25) is 0 Å². The summed E-state index contributed by atoms with van der Waals surface area (Å²) in [4.78, 5) is 10.3. The van der Waals surface area contributed by atoms with E-state index in [9.17, 15) is 4.79 Å². The van der Waals surface area contributed by atoms with E-state index in [4.69, 9.17) is 5.73 Å². The lowest BCUT2D eigenvalue weighted by atomic mass is 10.1. The third-order valence-corrected chi connectivity index (χ3v) is 1.31. The maximum atomic E-state index is 10.3. The Morgan fingerprint density at radius 3 is 2.36 bits per heavy atom. The highest BCUT2D eigenvalue weighted by Crippen LogP contribution is 2.05. The minimum absolute atomic E-state index is 0.287. The number of rotatable bonds is 4. The second kappa shape index (κ2) is 4.50. The molecular weight excluding hydrogens is 138 g/mol. The molecule has 0 heterocycles. The fourth-order valence-electron chi connectivity index (χ4n) is 0.524. The summed E-state index contributed by atoms with van der Waals surface area (Å²) in [5, 5.41) is 0. The number of nitrogens with two attached hydrogens (primary N) is 1. The summed E-state index contributed by atoms with van der Waals surface area (Å²) in [5.74, 6) is 0. The Kier molecular flexibility index (Phi) is 3.96. The summed E-state index contributed by atoms with van der Waals surface area (Å²) in [7, 11) is 0. The third kappa shape index (κ3) is 3.40. The lowest BCUT2D eigenvalue weighted by molar-refractivity contribution is -0.104. The minimum atomic E-state index is 0.287. The first-order chi connectivity index (χ1) is 5.11. The van der Waals surface area contributed by atoms with Crippen molar-refractivity contribution >= 4 is 6.29 Å². The Bertz CT molecular complexity index is 214. The van der Waals surface area contributed by atoms with Gasteiger partial charge in [0.1, 0.15) is 0 Å². The van der Waals surface area contributed by atoms with Crippen molar-refractivity contribution < 1.29 is 4.79 Å². The average molecular weight is 151 g/mol. The molecule has 0 saturated carbocycles. The van der Waals surface area contributed by atoms with Gasteiger partial charge in [-0.05, 0) is 12.5 Å². The van der Waals surface area contributed by atoms with Crippen molar-refractivity contribution in [2.24, 2.45) is 5.73 Å². The first-order valence-electron chi connectivity index (χ1n) is 3.41. The molecule has 0 radical (unpaired) electrons. The molecule has 60 valence electrons. The van der Waals surface area contributed by atoms with Gasteiger partial charge in [0.15, 0.2) is 6.29 Å². The molecule has 0 aromatic heterocycles. The van der Waals surface area contributed by atoms with Gasteiger partial charge in [0, 0.05) is 11.3 Å². The number of aldehydes is 1. The van der Waals surface area contributed by atoms with Crippen molar-refractivity contribution in [1.82, 2.24) is 0 Å². The maximum absolute atomic E-state index is 10.3. The lowest BCUT2D eigenvalue weighted by Crippen LogP contribution is -2.00. The Labute approximate surface area is 67.1 Å². The minimum Gasteiger partial charge on any atom is -0.399 e. The fraction of sp³-hybridized carbons (Fsp3) is 0.222. The van der Waals surface area contributed by atoms with Gasteiger partial charge in [-0.3, -0.25) is 4.79 Å². The van der Waals surface area contributed by atoms with Gasteiger partial charge >= 0.3 is 0 Å². The first kappa shape index (κ1) is 9.69. The van der Waals surface area contributed by atoms with Crippen LogP contribution >= 0.6 is 0 Å². The van der Waals surface area contributed by atoms with Gasteiger partial charge in [-0.25, -0.2) is 0 Å². The summed E-state index contributed by atoms with van der Waals surface area (Å²) in [6.45, 7) is 9.12. The molecule has 2 nitrogen and oxygen atoms in total. The standard InChI is InChI=1S/C9H13NO/c1-4-7(2)5-9(6-11)8(3)10/h5-6H,2-4,10H2,1H3/b9-5-. The second-order valence-electron chi connectivity index (χ2n) is 2.25. The van der Waals surface area contributed by atoms with Gasteiger partial charge in [-0.1, -0.05) is 25.7 Å². The first-order valence-corrected chi connectivity index (χ1v) is 3.41. The predicted molar refractivity (Wildman–Crippen MR) is 46.9 cm³/mol. The monoisotopic (exact) mass is 151 g/mol. The number of hydrogen-bond donors (Lipinski definition) is 1. The molecule has 2 heteroatoms. The largest absolute Gasteiger partial charge is 0.399 e. The number of allylic oxidation sites excluding steroid dienone is 3. The number of carbonyl (C=O) groups is 1. The van der Waals surface area contributed by atoms with Crippen molar-refractivity contribution in [2.75, 3.05) is 0 Å². The van der Waals surface area contributed by atoms with Crippen molar-refractivity contribution in [1.29, 1.82) is 0 Å². The molecule has 0 fully saturated rings. The predicted octanol–water partition coefficient (Wildman–Crippen LogP) is 1.55. The molecule has 0 spiro atoms. The van der Waals surface area contributed by atoms with Crippen LogP contribution in [0, 0.1) is 0 Å². The quantitative estimate of drug-likeness (QED) is 0.376. The molecule has 0 amide bonds. The molecule has 0 aliphatic rings. The van der Waals surface area contributed by atoms with Crippen molar-refractivity contribution in [3.63, 3.8) is 0 Å². The molecule has 11 heavy (non-hydrogen) atoms. The molecule has 0 rings (SSSR count). The lowest BCUT2D eigenvalue weighted by Gasteiger charge is -1.97. The Morgan fingerprint density at radius 1 is 1.55 bits per heavy atom. The van der Waals surface area contributed by atoms with Crippen molar-refractivity contribution in [3.05, 3.63) is 36.1 Å². The molecule has 0 aromatic carbocycles. The summed E-state index contributed by atoms with van der Waals surface area (Å²) in [5.41, 5.74) is 6.89. The second-order valence-corrected chi connectivity index (χ2v) is 2.25. The smallest absolute Gasteiger partial charge is 0.152 e. The Hall–Kier alpha value is -1.31. The van der Waals surface area contributed by atoms with E-state index in [1.807, 2.05) is 6.92 Å². The van der Waals surface area contributed by atoms with E-state index in [2.05, 4.69) is 13.2 Å². The normalized spacial score (nSPS) is 10.8. The molecule has 0 unspecified atom stereocenters. The van der Waals surface area contributed by atoms with Crippen LogP contribution < -0.4 is 5.73 Å². The highest BCUT2D eigenvalue weighted by Gasteiger charge is 1.95. The molecular formula is C9H13NO. The van der Waals surface area contributed by atoms with Crippen LogP contribution in [0.2, 0.25) is 0 Å². The van der Waals surface area contributed by atoms with Gasteiger partial charge in [0.05, 0.1) is 0 Å². The van der Waals surface area contributed by atoms with E-state index in [1.165, 1.54) is 0 Å². The summed E-state index contributed by atoms with van der Waals surface area (Å²) in [6, 6.07) is 0. The average Bonchev–Trinajstić information content (AvgIpc) is 1.99. The van der Waals surface area contributed by atoms with E-state index in [-0.39, 0.29) is 5.70 Å². The highest BCUT2D eigenvalue weighted by atomic mass is 16.1. The molecule has 2 N–H and O–H groups in total. The van der Waals surface area contributed by atoms with Gasteiger partial charge < -0.3 is 5.73 Å². The van der Waals surface area contributed by atoms with Crippen LogP contribution in [0.3, 0.4) is 0 Å². The van der Waals surface area contributed by atoms with E-state index in [0.29, 0.717) is 11.9 Å². The summed E-state index contributed by atoms with van der Waals surface area (Å²) in [6.07, 6.45) is 3.14. The van der Waals surface area contributed by atoms with Crippen LogP contribution in [0.1, 0.15) is 13.3 Å². The Balaban J connectivity index is 4.48. The van der Waals surface area contributed by atoms with Crippen LogP contribution in [0.15, 0.2) is 36.1 Å². The zero-order chi connectivity index (χ0) is 8.85. The van der Waals surface area contributed by atoms with Crippen molar-refractivity contribution in [2.45, 2.75) is 13.3 Å². The van der Waals surface area contributed by atoms with Gasteiger partial charge in [-0.2, -0.15) is 0 Å². The zero-order valence-corrected chi connectivity index (χ0v) is 6.76. The fourth-order valence-corrected chi connectivity index (χ4v) is 0.524. The van der Waals surface area contributed by atoms with Gasteiger partial charge in [0.25, 0.3) is 0 Å². The SMILES string of the molecule is C=C(/C=C(/C=O)C(=C)N)CC. The maximum Gasteiger partial charge on any atom is 0.152 e. The topological polar surface area (TPSA) is 43.1 Å². The van der Waals surface area contributed by atoms with Crippen LogP contribution in [0.25, 0.3) is 0 Å². The van der Waals surface area contributed by atoms with Crippen LogP contribution in [-0.4, -0.2) is 6.29 Å². The van der Waals surface area contributed by atoms with Crippen LogP contribution in [-0.2, 0) is 4.79 Å². The van der Waals surface area contributed by atoms with E-state index in [1.54, 1.807) is 6.08 Å². The van der Waals surface area contributed by atoms with Crippen LogP contribution in [0.4, 0.5) is 0 Å². The van der Waals surface area contributed by atoms with Gasteiger partial charge in [-0.15, -0.1) is 0 Å². The van der Waals surface area contributed by atoms with Crippen LogP contribution in [0.5, 0.6) is 0 Å². The summed E-state index contributed by atoms with van der Waals surface area (Å²) < 4.78 is 0. The van der Waals surface area contributed by atoms with E-state index in [0.717, 1.165) is 12.0 Å². The number of carbonyl (C=O) groups excluding carboxylic acids is 1. The zero-order valence-electron chi connectivity index (χ0n) is 6.76. The molecule has 0 saturated heterocycles. The summed E-state index contributed by atoms with van der Waals surface area (Å²) >= 11 is 0. The molecule has 0 aliphatic carbocycles. The molecule has 0 aromatic rings. The number of hydrogen-bond acceptors (Lipinski definition) is 2. The van der Waals surface area contributed by atoms with E-state index >= 15 is 0 Å². The molecule has 0 atom stereocenters. The highest BCUT2D eigenvalue weighted by molar-refractivity contribution is 5.80. The van der Waals surface area contributed by atoms with E-state index < -0.39 is 0 Å². The third-order valence-electron chi connectivity index (χ3n) is 1.31. The van der Waals surface area contributed by atoms with Crippen molar-refractivity contribution in [3.8, 4) is 0 Å². The molecule has 0 aliphatic heterocycles. The Morgan fingerprint density at radius 2 is 2.09 bits per heavy atom.